The molecule has 0 fully saturated rings. The van der Waals surface area contributed by atoms with Crippen molar-refractivity contribution >= 4 is 51.0 Å². The Morgan fingerprint density at radius 3 is 2.45 bits per heavy atom. The fraction of sp³-hybridized carbons (Fsp3) is 0.125. The maximum Gasteiger partial charge on any atom is 0.228 e. The third-order valence-electron chi connectivity index (χ3n) is 5.28. The van der Waals surface area contributed by atoms with Gasteiger partial charge in [0.2, 0.25) is 5.89 Å². The number of carbonyl (C=O) groups excluding carboxylic acids is 2. The largest absolute Gasteiger partial charge is 0.497 e. The van der Waals surface area contributed by atoms with Crippen molar-refractivity contribution in [3.8, 4) is 17.2 Å². The highest BCUT2D eigenvalue weighted by Gasteiger charge is 2.34. The maximum atomic E-state index is 12.9. The van der Waals surface area contributed by atoms with Crippen LogP contribution in [-0.2, 0) is 6.42 Å². The Bertz CT molecular complexity index is 1360. The molecule has 1 aliphatic rings. The van der Waals surface area contributed by atoms with Gasteiger partial charge in [0.1, 0.15) is 5.75 Å². The van der Waals surface area contributed by atoms with E-state index in [0.717, 1.165) is 21.8 Å². The minimum Gasteiger partial charge on any atom is -0.497 e. The van der Waals surface area contributed by atoms with Gasteiger partial charge in [-0.05, 0) is 54.5 Å². The number of ketones is 2. The summed E-state index contributed by atoms with van der Waals surface area (Å²) in [7, 11) is 1.61. The zero-order valence-corrected chi connectivity index (χ0v) is 18.3. The van der Waals surface area contributed by atoms with Crippen molar-refractivity contribution in [2.24, 2.45) is 0 Å². The first-order valence-corrected chi connectivity index (χ1v) is 10.9. The van der Waals surface area contributed by atoms with E-state index in [-0.39, 0.29) is 17.1 Å². The molecule has 2 aromatic heterocycles. The second kappa shape index (κ2) is 7.48. The predicted octanol–water partition coefficient (Wildman–Crippen LogP) is 6.24. The Hall–Kier alpha value is -3.22. The number of halogens is 1. The maximum absolute atomic E-state index is 12.9. The summed E-state index contributed by atoms with van der Waals surface area (Å²) >= 11 is 7.61. The van der Waals surface area contributed by atoms with Crippen LogP contribution in [0.4, 0.5) is 0 Å². The molecule has 0 saturated heterocycles. The van der Waals surface area contributed by atoms with Crippen molar-refractivity contribution < 1.29 is 18.7 Å². The lowest BCUT2D eigenvalue weighted by atomic mass is 10.0. The fourth-order valence-electron chi connectivity index (χ4n) is 3.61. The number of allylic oxidation sites excluding steroid dienone is 1. The van der Waals surface area contributed by atoms with Crippen LogP contribution in [0.1, 0.15) is 38.1 Å². The van der Waals surface area contributed by atoms with Crippen LogP contribution in [0.25, 0.3) is 27.9 Å². The Labute approximate surface area is 186 Å². The third-order valence-corrected chi connectivity index (χ3v) is 6.59. The van der Waals surface area contributed by atoms with E-state index in [4.69, 9.17) is 20.8 Å². The first kappa shape index (κ1) is 19.7. The van der Waals surface area contributed by atoms with Gasteiger partial charge >= 0.3 is 0 Å². The number of thiophene rings is 1. The molecule has 0 spiro atoms. The van der Waals surface area contributed by atoms with Crippen LogP contribution in [0.5, 0.6) is 5.75 Å². The molecule has 4 aromatic rings. The van der Waals surface area contributed by atoms with Crippen LogP contribution in [0.3, 0.4) is 0 Å². The Balaban J connectivity index is 1.48. The molecule has 0 aliphatic heterocycles. The van der Waals surface area contributed by atoms with E-state index < -0.39 is 0 Å². The molecule has 1 aliphatic carbocycles. The van der Waals surface area contributed by atoms with Crippen molar-refractivity contribution in [1.82, 2.24) is 4.98 Å². The highest BCUT2D eigenvalue weighted by Crippen LogP contribution is 2.35. The fourth-order valence-corrected chi connectivity index (χ4v) is 4.81. The summed E-state index contributed by atoms with van der Waals surface area (Å²) in [5, 5.41) is 0.507. The standard InChI is InChI=1S/C24H16ClNO4S/c1-3-12-8-16-17(11-19(12)25)22(28)18(21(16)27)9-15-10-20-24(31-15)26-23(30-20)13-4-6-14(29-2)7-5-13/h4-11H,3H2,1-2H3/b18-9+. The molecule has 154 valence electrons. The number of hydrogen-bond acceptors (Lipinski definition) is 6. The average molecular weight is 450 g/mol. The number of Topliss-reactive ketones (excluding diaryl/α,β-unsaturated/α-hetero) is 2. The third kappa shape index (κ3) is 3.28. The summed E-state index contributed by atoms with van der Waals surface area (Å²) in [6.45, 7) is 1.96. The van der Waals surface area contributed by atoms with Gasteiger partial charge in [-0.15, -0.1) is 11.3 Å². The van der Waals surface area contributed by atoms with Crippen molar-refractivity contribution in [3.63, 3.8) is 0 Å². The van der Waals surface area contributed by atoms with Crippen LogP contribution in [-0.4, -0.2) is 23.7 Å². The van der Waals surface area contributed by atoms with Crippen LogP contribution in [0, 0.1) is 0 Å². The molecule has 5 rings (SSSR count). The van der Waals surface area contributed by atoms with E-state index in [1.807, 2.05) is 31.2 Å². The topological polar surface area (TPSA) is 69.4 Å². The van der Waals surface area contributed by atoms with Crippen molar-refractivity contribution in [2.75, 3.05) is 7.11 Å². The molecule has 0 radical (unpaired) electrons. The van der Waals surface area contributed by atoms with E-state index >= 15 is 0 Å². The number of fused-ring (bicyclic) bond motifs is 2. The van der Waals surface area contributed by atoms with Crippen molar-refractivity contribution in [1.29, 1.82) is 0 Å². The van der Waals surface area contributed by atoms with Gasteiger partial charge in [0.15, 0.2) is 22.0 Å². The molecule has 0 atom stereocenters. The molecule has 2 heterocycles. The van der Waals surface area contributed by atoms with Gasteiger partial charge in [0, 0.05) is 32.7 Å². The van der Waals surface area contributed by atoms with Crippen LogP contribution in [0.2, 0.25) is 5.02 Å². The summed E-state index contributed by atoms with van der Waals surface area (Å²) < 4.78 is 11.0. The molecule has 31 heavy (non-hydrogen) atoms. The molecular formula is C24H16ClNO4S. The normalized spacial score (nSPS) is 14.6. The van der Waals surface area contributed by atoms with Gasteiger partial charge < -0.3 is 9.15 Å². The van der Waals surface area contributed by atoms with Gasteiger partial charge in [-0.3, -0.25) is 9.59 Å². The summed E-state index contributed by atoms with van der Waals surface area (Å²) in [6, 6.07) is 12.5. The zero-order valence-electron chi connectivity index (χ0n) is 16.7. The van der Waals surface area contributed by atoms with Crippen molar-refractivity contribution in [2.45, 2.75) is 13.3 Å². The SMILES string of the molecule is CCc1cc2c(cc1Cl)C(=O)/C(=C/c1cc3oc(-c4ccc(OC)cc4)nc3s1)C2=O. The van der Waals surface area contributed by atoms with E-state index in [9.17, 15) is 9.59 Å². The molecule has 2 aromatic carbocycles. The van der Waals surface area contributed by atoms with E-state index in [1.165, 1.54) is 11.3 Å². The van der Waals surface area contributed by atoms with Gasteiger partial charge in [0.05, 0.1) is 12.7 Å². The van der Waals surface area contributed by atoms with Crippen LogP contribution < -0.4 is 4.74 Å². The summed E-state index contributed by atoms with van der Waals surface area (Å²) in [5.74, 6) is 0.681. The molecular weight excluding hydrogens is 434 g/mol. The molecule has 0 amide bonds. The number of hydrogen-bond donors (Lipinski definition) is 0. The lowest BCUT2D eigenvalue weighted by molar-refractivity contribution is 0.0990. The Kier molecular flexibility index (Phi) is 4.76. The monoisotopic (exact) mass is 449 g/mol. The molecule has 0 unspecified atom stereocenters. The predicted molar refractivity (Wildman–Crippen MR) is 121 cm³/mol. The number of methoxy groups -OCH3 is 1. The van der Waals surface area contributed by atoms with E-state index in [2.05, 4.69) is 4.98 Å². The van der Waals surface area contributed by atoms with Gasteiger partial charge in [-0.2, -0.15) is 4.98 Å². The minimum absolute atomic E-state index is 0.138. The second-order valence-electron chi connectivity index (χ2n) is 7.12. The zero-order chi connectivity index (χ0) is 21.7. The van der Waals surface area contributed by atoms with Gasteiger partial charge in [-0.1, -0.05) is 18.5 Å². The van der Waals surface area contributed by atoms with Gasteiger partial charge in [0.25, 0.3) is 0 Å². The lowest BCUT2D eigenvalue weighted by Crippen LogP contribution is -1.99. The number of aromatic nitrogens is 1. The molecule has 0 bridgehead atoms. The molecule has 5 nitrogen and oxygen atoms in total. The lowest BCUT2D eigenvalue weighted by Gasteiger charge is -2.03. The first-order valence-electron chi connectivity index (χ1n) is 9.66. The number of aryl methyl sites for hydroxylation is 1. The van der Waals surface area contributed by atoms with E-state index in [1.54, 1.807) is 31.4 Å². The smallest absolute Gasteiger partial charge is 0.228 e. The van der Waals surface area contributed by atoms with E-state index in [0.29, 0.717) is 38.9 Å². The Morgan fingerprint density at radius 1 is 1.10 bits per heavy atom. The summed E-state index contributed by atoms with van der Waals surface area (Å²) in [5.41, 5.74) is 3.21. The highest BCUT2D eigenvalue weighted by atomic mass is 35.5. The minimum atomic E-state index is -0.304. The quantitative estimate of drug-likeness (QED) is 0.272. The number of nitrogens with zero attached hydrogens (tertiary/aromatic N) is 1. The summed E-state index contributed by atoms with van der Waals surface area (Å²) in [4.78, 5) is 31.6. The number of carbonyl (C=O) groups is 2. The van der Waals surface area contributed by atoms with Crippen LogP contribution >= 0.6 is 22.9 Å². The highest BCUT2D eigenvalue weighted by molar-refractivity contribution is 7.19. The van der Waals surface area contributed by atoms with Crippen LogP contribution in [0.15, 0.2) is 52.5 Å². The number of oxazole rings is 1. The number of rotatable bonds is 4. The van der Waals surface area contributed by atoms with Gasteiger partial charge in [-0.25, -0.2) is 0 Å². The molecule has 7 heteroatoms. The first-order chi connectivity index (χ1) is 15.0. The molecule has 0 saturated carbocycles. The number of ether oxygens (including phenoxy) is 1. The number of benzene rings is 2. The molecule has 0 N–H and O–H groups in total. The second-order valence-corrected chi connectivity index (χ2v) is 8.59. The Morgan fingerprint density at radius 2 is 1.81 bits per heavy atom. The van der Waals surface area contributed by atoms with Crippen molar-refractivity contribution in [3.05, 3.63) is 74.6 Å². The summed E-state index contributed by atoms with van der Waals surface area (Å²) in [6.07, 6.45) is 2.30. The average Bonchev–Trinajstić information content (AvgIpc) is 3.41.